The Morgan fingerprint density at radius 2 is 2.25 bits per heavy atom. The number of hydrogen-bond donors (Lipinski definition) is 1. The van der Waals surface area contributed by atoms with Crippen LogP contribution in [0.4, 0.5) is 0 Å². The van der Waals surface area contributed by atoms with Crippen molar-refractivity contribution in [1.29, 1.82) is 0 Å². The molecule has 3 nitrogen and oxygen atoms in total. The first-order chi connectivity index (χ1) is 7.60. The zero-order valence-corrected chi connectivity index (χ0v) is 11.1. The lowest BCUT2D eigenvalue weighted by Crippen LogP contribution is -2.47. The lowest BCUT2D eigenvalue weighted by molar-refractivity contribution is 0.0299. The second-order valence-electron chi connectivity index (χ2n) is 4.52. The molecule has 0 aliphatic carbocycles. The highest BCUT2D eigenvalue weighted by molar-refractivity contribution is 7.07. The van der Waals surface area contributed by atoms with Crippen molar-refractivity contribution >= 4 is 11.3 Å². The highest BCUT2D eigenvalue weighted by Crippen LogP contribution is 2.18. The van der Waals surface area contributed by atoms with Crippen molar-refractivity contribution in [2.24, 2.45) is 0 Å². The molecule has 0 aliphatic rings. The Morgan fingerprint density at radius 1 is 1.50 bits per heavy atom. The Bertz CT molecular complexity index is 285. The van der Waals surface area contributed by atoms with Crippen LogP contribution in [0.2, 0.25) is 0 Å². The predicted octanol–water partition coefficient (Wildman–Crippen LogP) is 1.97. The summed E-state index contributed by atoms with van der Waals surface area (Å²) in [6, 6.07) is 2.12. The fourth-order valence-corrected chi connectivity index (χ4v) is 2.16. The smallest absolute Gasteiger partial charge is 0.0610 e. The summed E-state index contributed by atoms with van der Waals surface area (Å²) in [5, 5.41) is 13.6. The first-order valence-corrected chi connectivity index (χ1v) is 6.40. The molecule has 0 aromatic carbocycles. The van der Waals surface area contributed by atoms with E-state index in [4.69, 9.17) is 4.74 Å². The number of aliphatic hydroxyl groups is 1. The highest BCUT2D eigenvalue weighted by Gasteiger charge is 2.25. The molecule has 0 amide bonds. The molecule has 1 aromatic rings. The second-order valence-corrected chi connectivity index (χ2v) is 5.30. The topological polar surface area (TPSA) is 32.7 Å². The SMILES string of the molecule is COCCN(Cc1ccsc1)C(C)(C)CO. The number of ether oxygens (including phenoxy) is 1. The molecular weight excluding hydrogens is 222 g/mol. The Morgan fingerprint density at radius 3 is 2.75 bits per heavy atom. The fourth-order valence-electron chi connectivity index (χ4n) is 1.50. The zero-order valence-electron chi connectivity index (χ0n) is 10.3. The molecule has 1 aromatic heterocycles. The molecule has 1 rings (SSSR count). The molecule has 0 fully saturated rings. The van der Waals surface area contributed by atoms with Crippen molar-refractivity contribution in [2.45, 2.75) is 25.9 Å². The van der Waals surface area contributed by atoms with Crippen LogP contribution >= 0.6 is 11.3 Å². The standard InChI is InChI=1S/C12H21NO2S/c1-12(2,10-14)13(5-6-15-3)8-11-4-7-16-9-11/h4,7,9,14H,5-6,8,10H2,1-3H3. The third-order valence-corrected chi connectivity index (χ3v) is 3.49. The number of thiophene rings is 1. The van der Waals surface area contributed by atoms with E-state index in [1.807, 2.05) is 0 Å². The number of nitrogens with zero attached hydrogens (tertiary/aromatic N) is 1. The lowest BCUT2D eigenvalue weighted by atomic mass is 10.0. The van der Waals surface area contributed by atoms with Crippen LogP contribution in [0.25, 0.3) is 0 Å². The van der Waals surface area contributed by atoms with Gasteiger partial charge in [-0.2, -0.15) is 11.3 Å². The Kier molecular flexibility index (Phi) is 5.41. The number of methoxy groups -OCH3 is 1. The van der Waals surface area contributed by atoms with Gasteiger partial charge in [-0.1, -0.05) is 0 Å². The van der Waals surface area contributed by atoms with Gasteiger partial charge in [0, 0.05) is 25.7 Å². The van der Waals surface area contributed by atoms with Gasteiger partial charge in [-0.05, 0) is 36.2 Å². The first kappa shape index (κ1) is 13.6. The quantitative estimate of drug-likeness (QED) is 0.794. The van der Waals surface area contributed by atoms with Crippen LogP contribution in [-0.2, 0) is 11.3 Å². The van der Waals surface area contributed by atoms with Crippen LogP contribution in [0.5, 0.6) is 0 Å². The molecule has 0 saturated carbocycles. The van der Waals surface area contributed by atoms with Crippen LogP contribution in [0.15, 0.2) is 16.8 Å². The Labute approximate surface area is 102 Å². The van der Waals surface area contributed by atoms with E-state index in [1.54, 1.807) is 18.4 Å². The monoisotopic (exact) mass is 243 g/mol. The van der Waals surface area contributed by atoms with Crippen LogP contribution in [0, 0.1) is 0 Å². The largest absolute Gasteiger partial charge is 0.394 e. The molecule has 1 heterocycles. The molecule has 0 aliphatic heterocycles. The minimum absolute atomic E-state index is 0.154. The fraction of sp³-hybridized carbons (Fsp3) is 0.667. The molecule has 1 N–H and O–H groups in total. The van der Waals surface area contributed by atoms with Gasteiger partial charge >= 0.3 is 0 Å². The maximum absolute atomic E-state index is 9.41. The number of hydrogen-bond acceptors (Lipinski definition) is 4. The van der Waals surface area contributed by atoms with E-state index in [9.17, 15) is 5.11 Å². The summed E-state index contributed by atoms with van der Waals surface area (Å²) in [6.45, 7) is 6.64. The van der Waals surface area contributed by atoms with Crippen molar-refractivity contribution in [1.82, 2.24) is 4.90 Å². The first-order valence-electron chi connectivity index (χ1n) is 5.46. The summed E-state index contributed by atoms with van der Waals surface area (Å²) >= 11 is 1.70. The van der Waals surface area contributed by atoms with Crippen molar-refractivity contribution in [3.05, 3.63) is 22.4 Å². The van der Waals surface area contributed by atoms with E-state index in [0.717, 1.165) is 13.1 Å². The minimum atomic E-state index is -0.208. The van der Waals surface area contributed by atoms with Crippen LogP contribution in [-0.4, -0.2) is 42.4 Å². The molecule has 0 radical (unpaired) electrons. The summed E-state index contributed by atoms with van der Waals surface area (Å²) < 4.78 is 5.11. The Balaban J connectivity index is 2.63. The van der Waals surface area contributed by atoms with Crippen LogP contribution < -0.4 is 0 Å². The van der Waals surface area contributed by atoms with E-state index >= 15 is 0 Å². The molecule has 16 heavy (non-hydrogen) atoms. The third kappa shape index (κ3) is 3.87. The van der Waals surface area contributed by atoms with E-state index < -0.39 is 0 Å². The average Bonchev–Trinajstić information content (AvgIpc) is 2.76. The van der Waals surface area contributed by atoms with Gasteiger partial charge < -0.3 is 9.84 Å². The van der Waals surface area contributed by atoms with Crippen LogP contribution in [0.3, 0.4) is 0 Å². The van der Waals surface area contributed by atoms with Crippen LogP contribution in [0.1, 0.15) is 19.4 Å². The number of aliphatic hydroxyl groups excluding tert-OH is 1. The van der Waals surface area contributed by atoms with Crippen molar-refractivity contribution in [2.75, 3.05) is 26.9 Å². The number of rotatable bonds is 7. The molecule has 92 valence electrons. The lowest BCUT2D eigenvalue weighted by Gasteiger charge is -2.37. The summed E-state index contributed by atoms with van der Waals surface area (Å²) in [5.41, 5.74) is 1.09. The molecule has 0 saturated heterocycles. The summed E-state index contributed by atoms with van der Waals surface area (Å²) in [4.78, 5) is 2.25. The zero-order chi connectivity index (χ0) is 12.0. The molecule has 0 bridgehead atoms. The normalized spacial score (nSPS) is 12.3. The molecule has 0 atom stereocenters. The maximum Gasteiger partial charge on any atom is 0.0610 e. The minimum Gasteiger partial charge on any atom is -0.394 e. The maximum atomic E-state index is 9.41. The van der Waals surface area contributed by atoms with Crippen molar-refractivity contribution < 1.29 is 9.84 Å². The summed E-state index contributed by atoms with van der Waals surface area (Å²) in [5.74, 6) is 0. The van der Waals surface area contributed by atoms with Gasteiger partial charge in [0.1, 0.15) is 0 Å². The average molecular weight is 243 g/mol. The second kappa shape index (κ2) is 6.35. The molecule has 0 unspecified atom stereocenters. The van der Waals surface area contributed by atoms with E-state index in [0.29, 0.717) is 6.61 Å². The third-order valence-electron chi connectivity index (χ3n) is 2.76. The van der Waals surface area contributed by atoms with Gasteiger partial charge in [0.05, 0.1) is 13.2 Å². The van der Waals surface area contributed by atoms with Gasteiger partial charge in [-0.3, -0.25) is 4.90 Å². The van der Waals surface area contributed by atoms with Gasteiger partial charge in [0.2, 0.25) is 0 Å². The van der Waals surface area contributed by atoms with Gasteiger partial charge in [-0.15, -0.1) is 0 Å². The van der Waals surface area contributed by atoms with Gasteiger partial charge in [0.15, 0.2) is 0 Å². The van der Waals surface area contributed by atoms with E-state index in [2.05, 4.69) is 35.6 Å². The molecular formula is C12H21NO2S. The van der Waals surface area contributed by atoms with Crippen molar-refractivity contribution in [3.63, 3.8) is 0 Å². The van der Waals surface area contributed by atoms with E-state index in [-0.39, 0.29) is 12.1 Å². The molecule has 4 heteroatoms. The van der Waals surface area contributed by atoms with Gasteiger partial charge in [-0.25, -0.2) is 0 Å². The van der Waals surface area contributed by atoms with Gasteiger partial charge in [0.25, 0.3) is 0 Å². The Hall–Kier alpha value is -0.420. The van der Waals surface area contributed by atoms with Crippen molar-refractivity contribution in [3.8, 4) is 0 Å². The summed E-state index contributed by atoms with van der Waals surface area (Å²) in [6.07, 6.45) is 0. The predicted molar refractivity (Wildman–Crippen MR) is 67.8 cm³/mol. The summed E-state index contributed by atoms with van der Waals surface area (Å²) in [7, 11) is 1.70. The molecule has 0 spiro atoms. The van der Waals surface area contributed by atoms with E-state index in [1.165, 1.54) is 5.56 Å². The highest BCUT2D eigenvalue weighted by atomic mass is 32.1.